The van der Waals surface area contributed by atoms with E-state index in [4.69, 9.17) is 4.52 Å². The van der Waals surface area contributed by atoms with Crippen LogP contribution in [0.3, 0.4) is 0 Å². The average molecular weight is 395 g/mol. The van der Waals surface area contributed by atoms with Gasteiger partial charge in [-0.25, -0.2) is 0 Å². The van der Waals surface area contributed by atoms with E-state index in [1.807, 2.05) is 18.2 Å². The predicted octanol–water partition coefficient (Wildman–Crippen LogP) is 2.64. The lowest BCUT2D eigenvalue weighted by Gasteiger charge is -2.22. The molecule has 1 aromatic heterocycles. The second-order valence-electron chi connectivity index (χ2n) is 5.43. The van der Waals surface area contributed by atoms with Crippen LogP contribution >= 0.6 is 15.9 Å². The highest BCUT2D eigenvalue weighted by molar-refractivity contribution is 9.10. The first-order valence-electron chi connectivity index (χ1n) is 7.35. The molecule has 0 bridgehead atoms. The SMILES string of the molecule is Cc1cc(NC(=O)C(C)N(C)CC(=O)Nc2ccccc2Br)no1. The second-order valence-corrected chi connectivity index (χ2v) is 6.29. The van der Waals surface area contributed by atoms with Crippen LogP contribution in [0.5, 0.6) is 0 Å². The highest BCUT2D eigenvalue weighted by Crippen LogP contribution is 2.21. The smallest absolute Gasteiger partial charge is 0.242 e. The fourth-order valence-electron chi connectivity index (χ4n) is 1.97. The third-order valence-electron chi connectivity index (χ3n) is 3.46. The number of aromatic nitrogens is 1. The Hall–Kier alpha value is -2.19. The first-order valence-corrected chi connectivity index (χ1v) is 8.15. The van der Waals surface area contributed by atoms with Gasteiger partial charge in [0.15, 0.2) is 5.82 Å². The summed E-state index contributed by atoms with van der Waals surface area (Å²) in [6.45, 7) is 3.53. The summed E-state index contributed by atoms with van der Waals surface area (Å²) in [5.74, 6) is 0.496. The van der Waals surface area contributed by atoms with Crippen LogP contribution in [0.15, 0.2) is 39.3 Å². The first kappa shape index (κ1) is 18.2. The molecule has 2 N–H and O–H groups in total. The van der Waals surface area contributed by atoms with Crippen LogP contribution in [-0.4, -0.2) is 41.5 Å². The van der Waals surface area contributed by atoms with E-state index in [2.05, 4.69) is 31.7 Å². The van der Waals surface area contributed by atoms with Gasteiger partial charge < -0.3 is 15.2 Å². The molecule has 0 saturated carbocycles. The molecule has 0 spiro atoms. The van der Waals surface area contributed by atoms with E-state index < -0.39 is 6.04 Å². The summed E-state index contributed by atoms with van der Waals surface area (Å²) in [5.41, 5.74) is 0.686. The van der Waals surface area contributed by atoms with Gasteiger partial charge >= 0.3 is 0 Å². The Balaban J connectivity index is 1.88. The fraction of sp³-hybridized carbons (Fsp3) is 0.312. The van der Waals surface area contributed by atoms with Gasteiger partial charge in [0.25, 0.3) is 0 Å². The van der Waals surface area contributed by atoms with Gasteiger partial charge in [-0.3, -0.25) is 14.5 Å². The average Bonchev–Trinajstić information content (AvgIpc) is 2.93. The molecule has 7 nitrogen and oxygen atoms in total. The Morgan fingerprint density at radius 3 is 2.67 bits per heavy atom. The van der Waals surface area contributed by atoms with Gasteiger partial charge in [0.2, 0.25) is 11.8 Å². The second kappa shape index (κ2) is 8.07. The van der Waals surface area contributed by atoms with E-state index >= 15 is 0 Å². The summed E-state index contributed by atoms with van der Waals surface area (Å²) in [5, 5.41) is 9.17. The molecule has 1 unspecified atom stereocenters. The van der Waals surface area contributed by atoms with E-state index in [1.54, 1.807) is 37.9 Å². The van der Waals surface area contributed by atoms with Gasteiger partial charge in [-0.1, -0.05) is 17.3 Å². The topological polar surface area (TPSA) is 87.5 Å². The highest BCUT2D eigenvalue weighted by atomic mass is 79.9. The first-order chi connectivity index (χ1) is 11.4. The Bertz CT molecular complexity index is 732. The van der Waals surface area contributed by atoms with E-state index in [-0.39, 0.29) is 18.4 Å². The number of anilines is 2. The van der Waals surface area contributed by atoms with Gasteiger partial charge in [0, 0.05) is 10.5 Å². The normalized spacial score (nSPS) is 12.0. The van der Waals surface area contributed by atoms with Crippen LogP contribution in [0, 0.1) is 6.92 Å². The van der Waals surface area contributed by atoms with Crippen LogP contribution < -0.4 is 10.6 Å². The largest absolute Gasteiger partial charge is 0.360 e. The summed E-state index contributed by atoms with van der Waals surface area (Å²) in [6.07, 6.45) is 0. The zero-order valence-electron chi connectivity index (χ0n) is 13.7. The lowest BCUT2D eigenvalue weighted by molar-refractivity contribution is -0.122. The number of carbonyl (C=O) groups excluding carboxylic acids is 2. The maximum atomic E-state index is 12.2. The van der Waals surface area contributed by atoms with Gasteiger partial charge in [-0.2, -0.15) is 0 Å². The third-order valence-corrected chi connectivity index (χ3v) is 4.15. The number of para-hydroxylation sites is 1. The van der Waals surface area contributed by atoms with Crippen molar-refractivity contribution in [2.24, 2.45) is 0 Å². The summed E-state index contributed by atoms with van der Waals surface area (Å²) in [6, 6.07) is 8.46. The molecule has 1 aromatic carbocycles. The maximum absolute atomic E-state index is 12.2. The summed E-state index contributed by atoms with van der Waals surface area (Å²) in [7, 11) is 1.71. The van der Waals surface area contributed by atoms with Gasteiger partial charge in [-0.15, -0.1) is 0 Å². The van der Waals surface area contributed by atoms with Crippen molar-refractivity contribution >= 4 is 39.2 Å². The molecule has 128 valence electrons. The Labute approximate surface area is 148 Å². The molecule has 2 rings (SSSR count). The van der Waals surface area contributed by atoms with E-state index in [0.29, 0.717) is 17.3 Å². The molecule has 24 heavy (non-hydrogen) atoms. The molecular formula is C16H19BrN4O3. The molecule has 0 fully saturated rings. The van der Waals surface area contributed by atoms with Gasteiger partial charge in [-0.05, 0) is 49.0 Å². The molecule has 1 heterocycles. The standard InChI is InChI=1S/C16H19BrN4O3/c1-10-8-14(20-24-10)19-16(23)11(2)21(3)9-15(22)18-13-7-5-4-6-12(13)17/h4-8,11H,9H2,1-3H3,(H,18,22)(H,19,20,23). The monoisotopic (exact) mass is 394 g/mol. The van der Waals surface area contributed by atoms with Crippen molar-refractivity contribution in [1.82, 2.24) is 10.1 Å². The number of benzene rings is 1. The lowest BCUT2D eigenvalue weighted by atomic mass is 10.2. The predicted molar refractivity (Wildman–Crippen MR) is 94.7 cm³/mol. The molecular weight excluding hydrogens is 376 g/mol. The van der Waals surface area contributed by atoms with Crippen molar-refractivity contribution in [3.8, 4) is 0 Å². The van der Waals surface area contributed by atoms with E-state index in [9.17, 15) is 9.59 Å². The molecule has 0 aliphatic carbocycles. The van der Waals surface area contributed by atoms with Gasteiger partial charge in [0.05, 0.1) is 18.3 Å². The number of carbonyl (C=O) groups is 2. The molecule has 2 amide bonds. The Kier molecular flexibility index (Phi) is 6.10. The quantitative estimate of drug-likeness (QED) is 0.785. The van der Waals surface area contributed by atoms with Crippen molar-refractivity contribution in [1.29, 1.82) is 0 Å². The zero-order chi connectivity index (χ0) is 17.7. The molecule has 0 radical (unpaired) electrons. The number of nitrogens with zero attached hydrogens (tertiary/aromatic N) is 2. The van der Waals surface area contributed by atoms with Crippen LogP contribution in [-0.2, 0) is 9.59 Å². The van der Waals surface area contributed by atoms with Crippen LogP contribution in [0.25, 0.3) is 0 Å². The maximum Gasteiger partial charge on any atom is 0.242 e. The van der Waals surface area contributed by atoms with Crippen LogP contribution in [0.1, 0.15) is 12.7 Å². The minimum absolute atomic E-state index is 0.0771. The third kappa shape index (κ3) is 4.90. The number of rotatable bonds is 6. The molecule has 0 saturated heterocycles. The number of amides is 2. The van der Waals surface area contributed by atoms with E-state index in [0.717, 1.165) is 4.47 Å². The zero-order valence-corrected chi connectivity index (χ0v) is 15.3. The minimum Gasteiger partial charge on any atom is -0.360 e. The number of nitrogens with one attached hydrogen (secondary N) is 2. The number of likely N-dealkylation sites (N-methyl/N-ethyl adjacent to an activating group) is 1. The fourth-order valence-corrected chi connectivity index (χ4v) is 2.36. The number of hydrogen-bond acceptors (Lipinski definition) is 5. The highest BCUT2D eigenvalue weighted by Gasteiger charge is 2.21. The lowest BCUT2D eigenvalue weighted by Crippen LogP contribution is -2.43. The number of halogens is 1. The number of hydrogen-bond donors (Lipinski definition) is 2. The molecule has 0 aliphatic heterocycles. The minimum atomic E-state index is -0.507. The Morgan fingerprint density at radius 2 is 2.04 bits per heavy atom. The van der Waals surface area contributed by atoms with Crippen molar-refractivity contribution in [2.45, 2.75) is 19.9 Å². The van der Waals surface area contributed by atoms with Crippen molar-refractivity contribution in [3.63, 3.8) is 0 Å². The molecule has 2 aromatic rings. The summed E-state index contributed by atoms with van der Waals surface area (Å²) < 4.78 is 5.70. The van der Waals surface area contributed by atoms with Crippen molar-refractivity contribution in [2.75, 3.05) is 24.2 Å². The summed E-state index contributed by atoms with van der Waals surface area (Å²) in [4.78, 5) is 26.0. The molecule has 1 atom stereocenters. The number of aryl methyl sites for hydroxylation is 1. The van der Waals surface area contributed by atoms with E-state index in [1.165, 1.54) is 0 Å². The van der Waals surface area contributed by atoms with Crippen molar-refractivity contribution in [3.05, 3.63) is 40.6 Å². The summed E-state index contributed by atoms with van der Waals surface area (Å²) >= 11 is 3.37. The molecule has 0 aliphatic rings. The molecule has 8 heteroatoms. The van der Waals surface area contributed by atoms with Crippen molar-refractivity contribution < 1.29 is 14.1 Å². The van der Waals surface area contributed by atoms with Crippen LogP contribution in [0.4, 0.5) is 11.5 Å². The van der Waals surface area contributed by atoms with Gasteiger partial charge in [0.1, 0.15) is 5.76 Å². The van der Waals surface area contributed by atoms with Crippen LogP contribution in [0.2, 0.25) is 0 Å². The Morgan fingerprint density at radius 1 is 1.33 bits per heavy atom.